The number of carboxylic acid groups (broad SMARTS) is 1. The highest BCUT2D eigenvalue weighted by Gasteiger charge is 2.27. The number of aliphatic carboxylic acids is 1. The molecule has 48 heteroatoms. The summed E-state index contributed by atoms with van der Waals surface area (Å²) in [6.45, 7) is 24.9. The number of hydrazine groups is 2. The number of pyridine rings is 2. The lowest BCUT2D eigenvalue weighted by Gasteiger charge is -2.19. The second-order valence-corrected chi connectivity index (χ2v) is 39.4. The van der Waals surface area contributed by atoms with E-state index in [9.17, 15) is 42.3 Å². The smallest absolute Gasteiger partial charge is 0.480 e. The number of carbonyl (C=O) groups excluding carboxylic acids is 6. The Bertz CT molecular complexity index is 6020. The molecule has 13 N–H and O–H groups in total. The van der Waals surface area contributed by atoms with Gasteiger partial charge >= 0.3 is 43.3 Å². The van der Waals surface area contributed by atoms with Gasteiger partial charge in [-0.1, -0.05) is 94.4 Å². The SMILES string of the molecule is CC(C(=O)NN)c1nc2ccc(Br)cc2s1.CC(C)(C)OC(=O)NCC(=O)O.CC(c1nnc(CNC(=O)OC(C)(C)C)o1)c1nc2ccc(-c3ccc(F)nc3)cc2s1.CC(c1nnc(CNC(=O)OC(C)(C)C)o1)c1nc2ccc(Br)cc2s1.CCC(=O)OC.COC(=O)C(C)c1nc2ccc(Br)cc2s1.Clc1nc2ccc(Br)cc2s1.NN.OB(O)c1ccc(F)nc1. The van der Waals surface area contributed by atoms with Gasteiger partial charge in [-0.15, -0.1) is 77.1 Å². The first-order chi connectivity index (χ1) is 61.7. The lowest BCUT2D eigenvalue weighted by atomic mass is 9.82. The summed E-state index contributed by atoms with van der Waals surface area (Å²) in [5.41, 5.74) is 6.91. The van der Waals surface area contributed by atoms with Crippen molar-refractivity contribution in [2.24, 2.45) is 17.5 Å². The Labute approximate surface area is 809 Å². The van der Waals surface area contributed by atoms with Crippen LogP contribution in [0.15, 0.2) is 154 Å². The Balaban J connectivity index is 0.000000241. The van der Waals surface area contributed by atoms with E-state index in [1.165, 1.54) is 77.9 Å². The van der Waals surface area contributed by atoms with Gasteiger partial charge in [-0.05, 0) is 199 Å². The molecule has 9 aromatic heterocycles. The van der Waals surface area contributed by atoms with Crippen LogP contribution in [0.25, 0.3) is 62.2 Å². The molecule has 0 bridgehead atoms. The summed E-state index contributed by atoms with van der Waals surface area (Å²) < 4.78 is 70.7. The zero-order chi connectivity index (χ0) is 97.4. The first kappa shape index (κ1) is 110. The van der Waals surface area contributed by atoms with Crippen LogP contribution < -0.4 is 44.4 Å². The molecule has 0 fully saturated rings. The minimum Gasteiger partial charge on any atom is -0.480 e. The van der Waals surface area contributed by atoms with Gasteiger partial charge in [0.15, 0.2) is 4.47 Å². The highest BCUT2D eigenvalue weighted by molar-refractivity contribution is 9.11. The van der Waals surface area contributed by atoms with Crippen LogP contribution in [0, 0.1) is 11.9 Å². The van der Waals surface area contributed by atoms with Crippen LogP contribution >= 0.6 is 132 Å². The van der Waals surface area contributed by atoms with Gasteiger partial charge in [0.1, 0.15) is 49.3 Å². The van der Waals surface area contributed by atoms with Crippen LogP contribution in [-0.4, -0.2) is 157 Å². The van der Waals surface area contributed by atoms with Gasteiger partial charge in [-0.25, -0.2) is 55.1 Å². The molecule has 0 aliphatic rings. The number of methoxy groups -OCH3 is 2. The van der Waals surface area contributed by atoms with E-state index >= 15 is 0 Å². The summed E-state index contributed by atoms with van der Waals surface area (Å²) in [5.74, 6) is 10.7. The molecule has 700 valence electrons. The van der Waals surface area contributed by atoms with E-state index in [1.54, 1.807) is 100 Å². The van der Waals surface area contributed by atoms with Gasteiger partial charge < -0.3 is 63.6 Å². The zero-order valence-corrected chi connectivity index (χ0v) is 84.4. The molecule has 0 aliphatic heterocycles. The molecule has 0 saturated heterocycles. The van der Waals surface area contributed by atoms with Gasteiger partial charge in [0.05, 0.1) is 96.1 Å². The maximum Gasteiger partial charge on any atom is 0.490 e. The van der Waals surface area contributed by atoms with Crippen LogP contribution in [0.2, 0.25) is 4.47 Å². The number of amides is 4. The number of nitrogens with two attached hydrogens (primary N) is 3. The van der Waals surface area contributed by atoms with Crippen LogP contribution in [-0.2, 0) is 56.0 Å². The number of ether oxygens (including phenoxy) is 5. The fraction of sp³-hybridized carbons (Fsp3) is 0.325. The summed E-state index contributed by atoms with van der Waals surface area (Å²) in [6.07, 6.45) is 1.25. The first-order valence-electron chi connectivity index (χ1n) is 38.8. The minimum atomic E-state index is -1.58. The van der Waals surface area contributed by atoms with Gasteiger partial charge in [-0.3, -0.25) is 36.3 Å². The molecule has 35 nitrogen and oxygen atoms in total. The standard InChI is InChI=1S/C22H22FN5O3S.C17H19BrN4O3S.C11H10BrNO2S.C10H10BrN3OS.C7H3BrClNS.C7H13NO4.C5H5BFNO2.C4H8O2.H4N2/c1-12(19-28-27-18(30-19)11-25-21(29)31-22(2,3)4)20-26-15-7-5-13(9-16(15)32-20)14-6-8-17(23)24-10-14;1-9(15-20-11-6-5-10(18)7-12(11)26-15)14-22-21-13(24-14)8-19-16(23)25-17(2,3)4;1-6(11(14)15-2)10-13-8-4-3-7(12)5-9(8)16-10;1-5(9(15)14-12)10-13-7-3-2-6(11)4-8(7)16-10;8-4-1-2-5-6(3-4)11-7(9)10-5;1-7(2,3)12-6(11)8-4-5(9)10;7-5-2-1-4(3-8-5)6(9)10;1-3-4(5)6-2;1-2/h5-10,12H,11H2,1-4H3,(H,25,29);5-7,9H,8H2,1-4H3,(H,19,23);3-6H,1-2H3;2-5H,12H2,1H3,(H,14,15);1-3H;4H2,1-3H3,(H,8,11)(H,9,10);1-3,9-10H;3H2,1-2H3;1-2H2. The molecule has 0 aliphatic carbocycles. The van der Waals surface area contributed by atoms with Crippen molar-refractivity contribution in [1.29, 1.82) is 0 Å². The maximum atomic E-state index is 13.1. The Kier molecular flexibility index (Phi) is 43.7. The molecular weight excluding hydrogens is 2090 g/mol. The summed E-state index contributed by atoms with van der Waals surface area (Å²) in [4.78, 5) is 106. The summed E-state index contributed by atoms with van der Waals surface area (Å²) in [7, 11) is 1.20. The molecule has 4 amide bonds. The normalized spacial score (nSPS) is 11.8. The number of halogens is 7. The number of fused-ring (bicyclic) bond motifs is 5. The topological polar surface area (TPSA) is 521 Å². The van der Waals surface area contributed by atoms with E-state index < -0.39 is 66.6 Å². The molecule has 4 unspecified atom stereocenters. The van der Waals surface area contributed by atoms with E-state index in [0.717, 1.165) is 112 Å². The van der Waals surface area contributed by atoms with E-state index in [1.807, 2.05) is 105 Å². The van der Waals surface area contributed by atoms with E-state index in [2.05, 4.69) is 157 Å². The Morgan fingerprint density at radius 1 is 0.496 bits per heavy atom. The van der Waals surface area contributed by atoms with Crippen LogP contribution in [0.1, 0.15) is 171 Å². The average molecular weight is 2180 g/mol. The molecule has 0 radical (unpaired) electrons. The van der Waals surface area contributed by atoms with Crippen molar-refractivity contribution >= 4 is 238 Å². The largest absolute Gasteiger partial charge is 0.490 e. The zero-order valence-electron chi connectivity index (χ0n) is 73.2. The molecule has 14 rings (SSSR count). The van der Waals surface area contributed by atoms with Crippen molar-refractivity contribution in [2.45, 2.75) is 157 Å². The molecule has 131 heavy (non-hydrogen) atoms. The maximum absolute atomic E-state index is 13.1. The number of hydrogen-bond donors (Lipinski definition) is 10. The molecule has 4 atom stereocenters. The van der Waals surface area contributed by atoms with Crippen molar-refractivity contribution in [3.63, 3.8) is 0 Å². The van der Waals surface area contributed by atoms with E-state index in [-0.39, 0.29) is 66.0 Å². The van der Waals surface area contributed by atoms with Gasteiger partial charge in [-0.2, -0.15) is 8.78 Å². The number of rotatable bonds is 17. The number of carbonyl (C=O) groups is 7. The average Bonchev–Trinajstić information content (AvgIpc) is 1.68. The van der Waals surface area contributed by atoms with Crippen LogP contribution in [0.3, 0.4) is 0 Å². The first-order valence-corrected chi connectivity index (χ1v) is 46.5. The van der Waals surface area contributed by atoms with E-state index in [0.29, 0.717) is 28.6 Å². The van der Waals surface area contributed by atoms with Crippen molar-refractivity contribution < 1.29 is 90.0 Å². The Hall–Kier alpha value is -10.2. The number of benzene rings is 5. The fourth-order valence-electron chi connectivity index (χ4n) is 9.85. The number of aromatic nitrogens is 11. The van der Waals surface area contributed by atoms with Crippen molar-refractivity contribution in [1.82, 2.24) is 76.7 Å². The second-order valence-electron chi connectivity index (χ2n) is 29.8. The highest BCUT2D eigenvalue weighted by Crippen LogP contribution is 2.37. The van der Waals surface area contributed by atoms with Crippen LogP contribution in [0.5, 0.6) is 0 Å². The monoisotopic (exact) mass is 2170 g/mol. The lowest BCUT2D eigenvalue weighted by Crippen LogP contribution is -2.35. The summed E-state index contributed by atoms with van der Waals surface area (Å²) >= 11 is 27.0. The molecule has 0 saturated carbocycles. The number of esters is 2. The molecular formula is C83H94BBr4ClF2N18O17S5. The quantitative estimate of drug-likeness (QED) is 0.00770. The fourth-order valence-corrected chi connectivity index (χ4v) is 17.2. The predicted octanol–water partition coefficient (Wildman–Crippen LogP) is 17.8. The lowest BCUT2D eigenvalue weighted by molar-refractivity contribution is -0.142. The molecule has 5 aromatic carbocycles. The van der Waals surface area contributed by atoms with Gasteiger partial charge in [0.2, 0.25) is 41.4 Å². The molecule has 0 spiro atoms. The minimum absolute atomic E-state index is 0.0730. The van der Waals surface area contributed by atoms with Crippen molar-refractivity contribution in [3.05, 3.63) is 206 Å². The Morgan fingerprint density at radius 2 is 0.863 bits per heavy atom. The third-order valence-corrected chi connectivity index (χ3v) is 24.0. The molecule has 14 aromatic rings. The summed E-state index contributed by atoms with van der Waals surface area (Å²) in [5, 5.41) is 51.9. The number of alkyl carbamates (subject to hydrolysis) is 3. The highest BCUT2D eigenvalue weighted by atomic mass is 79.9. The third-order valence-electron chi connectivity index (χ3n) is 16.1. The van der Waals surface area contributed by atoms with Gasteiger partial charge in [0, 0.05) is 47.7 Å². The number of carboxylic acids is 1. The number of nitrogens with one attached hydrogen (secondary N) is 4. The number of nitrogens with zero attached hydrogens (tertiary/aromatic N) is 11. The van der Waals surface area contributed by atoms with Crippen LogP contribution in [0.4, 0.5) is 23.2 Å². The predicted molar refractivity (Wildman–Crippen MR) is 515 cm³/mol. The second kappa shape index (κ2) is 52.3. The number of thiazole rings is 5. The van der Waals surface area contributed by atoms with E-state index in [4.69, 9.17) is 60.4 Å². The Morgan fingerprint density at radius 3 is 1.22 bits per heavy atom. The van der Waals surface area contributed by atoms with Gasteiger partial charge in [0.25, 0.3) is 0 Å². The third kappa shape index (κ3) is 37.4. The van der Waals surface area contributed by atoms with Crippen molar-refractivity contribution in [3.8, 4) is 11.1 Å². The number of hydrogen-bond acceptors (Lipinski definition) is 35. The molecule has 9 heterocycles. The summed E-state index contributed by atoms with van der Waals surface area (Å²) in [6, 6.07) is 34.8. The van der Waals surface area contributed by atoms with Crippen molar-refractivity contribution in [2.75, 3.05) is 20.8 Å².